The summed E-state index contributed by atoms with van der Waals surface area (Å²) < 4.78 is 4.20. The molecule has 6 N–H and O–H groups in total. The summed E-state index contributed by atoms with van der Waals surface area (Å²) in [6.45, 7) is 6.63. The van der Waals surface area contributed by atoms with Gasteiger partial charge < -0.3 is 57.7 Å². The molecule has 22 nitrogen and oxygen atoms in total. The SMILES string of the molecule is CC(O)C(=O)[O-].CC(O)C(=O)[O-].Cc1nn(-c2cccc(N=Nc3c(C)c(-[n+]4ccccc4)c(=O)n(CCC[NH+](C)C)c3O)c2)c(O)c1N=Nc1cc([N+](=O)[O-])ccc1O.[CH3-].[Cu+]. The molecular formula is C39H47CuN10O12. The average molecular weight is 911 g/mol. The van der Waals surface area contributed by atoms with Crippen LogP contribution in [0.25, 0.3) is 11.4 Å². The number of aromatic nitrogens is 4. The van der Waals surface area contributed by atoms with Crippen molar-refractivity contribution in [1.29, 1.82) is 0 Å². The Morgan fingerprint density at radius 2 is 1.45 bits per heavy atom. The van der Waals surface area contributed by atoms with Crippen molar-refractivity contribution >= 4 is 40.4 Å². The number of carbonyl (C=O) groups excluding carboxylic acids is 2. The minimum Gasteiger partial charge on any atom is -0.547 e. The number of carboxylic acids is 2. The Hall–Kier alpha value is -6.91. The Labute approximate surface area is 365 Å². The standard InChI is InChI=1S/C32H32N10O6.2C3H6O3.CH3.Cu/c1-20-27(30(44)40(17-9-14-38(3)4)32(46)29(20)39-15-6-5-7-16-39)35-33-22-10-8-11-23(18-22)41-31(45)28(21(2)37-41)36-34-25-19-24(42(47)48)12-13-26(25)43;2*1-2(4)3(5)6;;/h5-8,10-13,15-16,18-19H,9,14,17H2,1-4H3,(H2-,33,34,35,36,37,43,44,45,46);2*2,4H,1H3,(H,5,6);1H3;/q;;;-1;+1. The fraction of sp³-hybridized carbons (Fsp3) is 0.282. The van der Waals surface area contributed by atoms with Gasteiger partial charge in [0.25, 0.3) is 11.4 Å². The van der Waals surface area contributed by atoms with Gasteiger partial charge in [0.15, 0.2) is 23.8 Å². The maximum absolute atomic E-state index is 13.6. The van der Waals surface area contributed by atoms with E-state index in [1.54, 1.807) is 67.2 Å². The maximum atomic E-state index is 13.6. The number of phenols is 1. The summed E-state index contributed by atoms with van der Waals surface area (Å²) >= 11 is 0. The number of hydrogen-bond donors (Lipinski definition) is 6. The van der Waals surface area contributed by atoms with Gasteiger partial charge in [-0.3, -0.25) is 19.5 Å². The zero-order valence-corrected chi connectivity index (χ0v) is 35.6. The predicted octanol–water partition coefficient (Wildman–Crippen LogP) is 1.000. The third kappa shape index (κ3) is 14.4. The van der Waals surface area contributed by atoms with Crippen LogP contribution in [0.4, 0.5) is 28.4 Å². The molecular weight excluding hydrogens is 864 g/mol. The number of aryl methyl sites for hydroxylation is 1. The molecule has 3 heterocycles. The molecule has 0 bridgehead atoms. The van der Waals surface area contributed by atoms with E-state index in [0.717, 1.165) is 38.6 Å². The number of aliphatic hydroxyl groups excluding tert-OH is 2. The van der Waals surface area contributed by atoms with Crippen LogP contribution in [0.15, 0.2) is 98.3 Å². The molecule has 0 saturated carbocycles. The van der Waals surface area contributed by atoms with Crippen molar-refractivity contribution in [2.45, 2.75) is 52.9 Å². The third-order valence-electron chi connectivity index (χ3n) is 8.11. The van der Waals surface area contributed by atoms with Crippen LogP contribution < -0.4 is 25.2 Å². The van der Waals surface area contributed by atoms with E-state index in [2.05, 4.69) is 25.6 Å². The molecule has 0 spiro atoms. The number of pyridine rings is 2. The first-order valence-electron chi connectivity index (χ1n) is 17.9. The van der Waals surface area contributed by atoms with Crippen molar-refractivity contribution in [1.82, 2.24) is 14.3 Å². The van der Waals surface area contributed by atoms with E-state index in [0.29, 0.717) is 29.0 Å². The van der Waals surface area contributed by atoms with Gasteiger partial charge in [0, 0.05) is 37.2 Å². The Morgan fingerprint density at radius 3 is 2.00 bits per heavy atom. The molecule has 3 aromatic heterocycles. The number of nitro benzene ring substituents is 1. The van der Waals surface area contributed by atoms with Gasteiger partial charge in [0.2, 0.25) is 11.8 Å². The number of non-ortho nitro benzene ring substituents is 1. The molecule has 0 fully saturated rings. The number of azo groups is 2. The number of rotatable bonds is 13. The number of carbonyl (C=O) groups is 2. The van der Waals surface area contributed by atoms with E-state index < -0.39 is 29.1 Å². The number of nitrogens with one attached hydrogen (secondary N) is 1. The second kappa shape index (κ2) is 24.4. The number of hydrogen-bond acceptors (Lipinski definition) is 17. The summed E-state index contributed by atoms with van der Waals surface area (Å²) in [7, 11) is 4.02. The van der Waals surface area contributed by atoms with Crippen molar-refractivity contribution in [3.05, 3.63) is 112 Å². The molecule has 0 aliphatic carbocycles. The van der Waals surface area contributed by atoms with Gasteiger partial charge in [-0.15, -0.1) is 15.3 Å². The van der Waals surface area contributed by atoms with Crippen LogP contribution in [-0.4, -0.2) is 89.6 Å². The molecule has 0 amide bonds. The number of benzene rings is 2. The zero-order valence-electron chi connectivity index (χ0n) is 34.6. The van der Waals surface area contributed by atoms with Crippen molar-refractivity contribution in [3.8, 4) is 28.9 Å². The van der Waals surface area contributed by atoms with Crippen LogP contribution in [-0.2, 0) is 33.2 Å². The van der Waals surface area contributed by atoms with E-state index in [1.165, 1.54) is 14.1 Å². The first-order chi connectivity index (χ1) is 28.2. The van der Waals surface area contributed by atoms with Gasteiger partial charge in [-0.1, -0.05) is 12.1 Å². The predicted molar refractivity (Wildman–Crippen MR) is 214 cm³/mol. The number of carboxylic acid groups (broad SMARTS) is 2. The Bertz CT molecular complexity index is 2420. The molecule has 2 atom stereocenters. The molecule has 0 saturated heterocycles. The monoisotopic (exact) mass is 910 g/mol. The van der Waals surface area contributed by atoms with Gasteiger partial charge in [0.1, 0.15) is 11.4 Å². The van der Waals surface area contributed by atoms with E-state index in [1.807, 2.05) is 20.2 Å². The van der Waals surface area contributed by atoms with Crippen LogP contribution in [0.1, 0.15) is 31.5 Å². The van der Waals surface area contributed by atoms with E-state index in [4.69, 9.17) is 10.2 Å². The Kier molecular flexibility index (Phi) is 20.9. The van der Waals surface area contributed by atoms with Crippen molar-refractivity contribution < 1.29 is 76.8 Å². The topological polar surface area (TPSA) is 322 Å². The molecule has 5 rings (SSSR count). The van der Waals surface area contributed by atoms with Gasteiger partial charge >= 0.3 is 22.6 Å². The molecule has 62 heavy (non-hydrogen) atoms. The number of phenolic OH excluding ortho intramolecular Hbond substituents is 1. The van der Waals surface area contributed by atoms with Crippen LogP contribution in [0, 0.1) is 31.4 Å². The van der Waals surface area contributed by atoms with Crippen LogP contribution in [0.5, 0.6) is 17.5 Å². The van der Waals surface area contributed by atoms with Gasteiger partial charge in [-0.05, 0) is 52.0 Å². The number of aliphatic carboxylic acids is 2. The quantitative estimate of drug-likeness (QED) is 0.0240. The zero-order chi connectivity index (χ0) is 44.8. The number of nitro groups is 1. The van der Waals surface area contributed by atoms with E-state index in [-0.39, 0.29) is 82.6 Å². The summed E-state index contributed by atoms with van der Waals surface area (Å²) in [6.07, 6.45) is 1.46. The summed E-state index contributed by atoms with van der Waals surface area (Å²) in [6, 6.07) is 15.4. The van der Waals surface area contributed by atoms with Crippen molar-refractivity contribution in [2.75, 3.05) is 20.6 Å². The summed E-state index contributed by atoms with van der Waals surface area (Å²) in [5, 5.41) is 98.9. The minimum absolute atomic E-state index is 0. The summed E-state index contributed by atoms with van der Waals surface area (Å²) in [5.74, 6) is -3.87. The first kappa shape index (κ1) is 53.1. The molecule has 5 aromatic rings. The van der Waals surface area contributed by atoms with Crippen LogP contribution in [0.2, 0.25) is 0 Å². The Morgan fingerprint density at radius 1 is 0.871 bits per heavy atom. The summed E-state index contributed by atoms with van der Waals surface area (Å²) in [4.78, 5) is 43.9. The second-order valence-corrected chi connectivity index (χ2v) is 13.2. The van der Waals surface area contributed by atoms with E-state index >= 15 is 0 Å². The number of quaternary nitrogens is 1. The number of aromatic hydroxyl groups is 3. The normalized spacial score (nSPS) is 11.7. The Balaban J connectivity index is 0.00000121. The number of aliphatic hydroxyl groups is 2. The molecule has 336 valence electrons. The van der Waals surface area contributed by atoms with E-state index in [9.17, 15) is 50.0 Å². The minimum atomic E-state index is -1.44. The molecule has 23 heteroatoms. The second-order valence-electron chi connectivity index (χ2n) is 13.2. The van der Waals surface area contributed by atoms with Crippen LogP contribution in [0.3, 0.4) is 0 Å². The summed E-state index contributed by atoms with van der Waals surface area (Å²) in [5.41, 5.74) is 1.13. The average Bonchev–Trinajstić information content (AvgIpc) is 3.48. The fourth-order valence-electron chi connectivity index (χ4n) is 4.97. The molecule has 0 aliphatic heterocycles. The maximum Gasteiger partial charge on any atom is 1.00 e. The fourth-order valence-corrected chi connectivity index (χ4v) is 4.97. The van der Waals surface area contributed by atoms with Gasteiger partial charge in [-0.2, -0.15) is 19.5 Å². The van der Waals surface area contributed by atoms with Crippen molar-refractivity contribution in [2.24, 2.45) is 20.5 Å². The van der Waals surface area contributed by atoms with Gasteiger partial charge in [-0.25, -0.2) is 0 Å². The smallest absolute Gasteiger partial charge is 0.547 e. The molecule has 0 aliphatic rings. The first-order valence-corrected chi connectivity index (χ1v) is 17.9. The molecule has 0 radical (unpaired) electrons. The number of nitrogens with zero attached hydrogens (tertiary/aromatic N) is 9. The van der Waals surface area contributed by atoms with Crippen LogP contribution >= 0.6 is 0 Å². The van der Waals surface area contributed by atoms with Crippen molar-refractivity contribution in [3.63, 3.8) is 0 Å². The van der Waals surface area contributed by atoms with Gasteiger partial charge in [0.05, 0.1) is 72.3 Å². The third-order valence-corrected chi connectivity index (χ3v) is 8.11. The largest absolute Gasteiger partial charge is 1.00 e. The molecule has 2 unspecified atom stereocenters. The molecule has 2 aromatic carbocycles.